The molecule has 0 bridgehead atoms. The highest BCUT2D eigenvalue weighted by atomic mass is 16.7. The van der Waals surface area contributed by atoms with E-state index in [0.717, 1.165) is 22.6 Å². The van der Waals surface area contributed by atoms with Gasteiger partial charge in [0.1, 0.15) is 18.1 Å². The van der Waals surface area contributed by atoms with Crippen LogP contribution < -0.4 is 18.9 Å². The van der Waals surface area contributed by atoms with Crippen LogP contribution in [0.1, 0.15) is 28.5 Å². The lowest BCUT2D eigenvalue weighted by Gasteiger charge is -2.22. The summed E-state index contributed by atoms with van der Waals surface area (Å²) in [7, 11) is 1.63. The monoisotopic (exact) mass is 440 g/mol. The highest BCUT2D eigenvalue weighted by Crippen LogP contribution is 2.34. The molecule has 4 heteroatoms. The minimum Gasteiger partial charge on any atom is -0.493 e. The van der Waals surface area contributed by atoms with Crippen LogP contribution in [0.4, 0.5) is 0 Å². The van der Waals surface area contributed by atoms with Crippen LogP contribution in [0.2, 0.25) is 0 Å². The zero-order valence-electron chi connectivity index (χ0n) is 19.2. The SMILES string of the molecule is COc1ccc(C(Oc2ccc(C)cc2)Oc2ccc(C)cc2)cc1OCc1ccccc1. The van der Waals surface area contributed by atoms with Crippen molar-refractivity contribution in [2.24, 2.45) is 0 Å². The molecule has 0 heterocycles. The Hall–Kier alpha value is -3.92. The highest BCUT2D eigenvalue weighted by Gasteiger charge is 2.19. The maximum absolute atomic E-state index is 6.26. The largest absolute Gasteiger partial charge is 0.493 e. The summed E-state index contributed by atoms with van der Waals surface area (Å²) >= 11 is 0. The summed E-state index contributed by atoms with van der Waals surface area (Å²) in [5.74, 6) is 2.73. The summed E-state index contributed by atoms with van der Waals surface area (Å²) in [6.45, 7) is 4.52. The van der Waals surface area contributed by atoms with Crippen molar-refractivity contribution in [2.75, 3.05) is 7.11 Å². The number of methoxy groups -OCH3 is 1. The van der Waals surface area contributed by atoms with Crippen LogP contribution in [-0.4, -0.2) is 7.11 Å². The lowest BCUT2D eigenvalue weighted by molar-refractivity contribution is 0.00356. The molecule has 0 aliphatic carbocycles. The third-order valence-corrected chi connectivity index (χ3v) is 5.23. The predicted molar refractivity (Wildman–Crippen MR) is 130 cm³/mol. The van der Waals surface area contributed by atoms with E-state index in [2.05, 4.69) is 0 Å². The quantitative estimate of drug-likeness (QED) is 0.261. The average molecular weight is 441 g/mol. The molecule has 4 aromatic carbocycles. The van der Waals surface area contributed by atoms with Crippen molar-refractivity contribution in [2.45, 2.75) is 26.7 Å². The van der Waals surface area contributed by atoms with Crippen LogP contribution >= 0.6 is 0 Å². The molecule has 4 nitrogen and oxygen atoms in total. The molecule has 33 heavy (non-hydrogen) atoms. The molecule has 0 unspecified atom stereocenters. The van der Waals surface area contributed by atoms with Crippen LogP contribution in [0, 0.1) is 13.8 Å². The van der Waals surface area contributed by atoms with E-state index in [1.165, 1.54) is 11.1 Å². The molecule has 0 saturated carbocycles. The van der Waals surface area contributed by atoms with Gasteiger partial charge in [-0.05, 0) is 61.9 Å². The van der Waals surface area contributed by atoms with Gasteiger partial charge in [0.15, 0.2) is 11.5 Å². The number of ether oxygens (including phenoxy) is 4. The maximum Gasteiger partial charge on any atom is 0.267 e. The first-order valence-corrected chi connectivity index (χ1v) is 10.9. The molecule has 0 amide bonds. The van der Waals surface area contributed by atoms with Crippen LogP contribution in [0.25, 0.3) is 0 Å². The number of hydrogen-bond donors (Lipinski definition) is 0. The Morgan fingerprint density at radius 2 is 1.21 bits per heavy atom. The van der Waals surface area contributed by atoms with E-state index in [1.807, 2.05) is 111 Å². The third kappa shape index (κ3) is 6.07. The van der Waals surface area contributed by atoms with Crippen molar-refractivity contribution < 1.29 is 18.9 Å². The highest BCUT2D eigenvalue weighted by molar-refractivity contribution is 5.44. The van der Waals surface area contributed by atoms with E-state index < -0.39 is 6.29 Å². The molecule has 0 spiro atoms. The minimum atomic E-state index is -0.666. The van der Waals surface area contributed by atoms with Gasteiger partial charge < -0.3 is 18.9 Å². The van der Waals surface area contributed by atoms with E-state index >= 15 is 0 Å². The van der Waals surface area contributed by atoms with Crippen molar-refractivity contribution in [3.63, 3.8) is 0 Å². The molecule has 4 rings (SSSR count). The first kappa shape index (κ1) is 22.3. The fraction of sp³-hybridized carbons (Fsp3) is 0.172. The predicted octanol–water partition coefficient (Wildman–Crippen LogP) is 7.05. The van der Waals surface area contributed by atoms with Crippen LogP contribution in [0.15, 0.2) is 97.1 Å². The second-order valence-electron chi connectivity index (χ2n) is 7.88. The molecule has 0 radical (unpaired) electrons. The van der Waals surface area contributed by atoms with Crippen molar-refractivity contribution >= 4 is 0 Å². The van der Waals surface area contributed by atoms with Gasteiger partial charge in [0.25, 0.3) is 6.29 Å². The molecule has 0 N–H and O–H groups in total. The Morgan fingerprint density at radius 1 is 0.636 bits per heavy atom. The van der Waals surface area contributed by atoms with Gasteiger partial charge >= 0.3 is 0 Å². The van der Waals surface area contributed by atoms with E-state index in [0.29, 0.717) is 18.1 Å². The van der Waals surface area contributed by atoms with E-state index in [1.54, 1.807) is 7.11 Å². The number of hydrogen-bond acceptors (Lipinski definition) is 4. The Balaban J connectivity index is 1.62. The first-order chi connectivity index (χ1) is 16.1. The Labute approximate surface area is 195 Å². The minimum absolute atomic E-state index is 0.433. The van der Waals surface area contributed by atoms with Crippen molar-refractivity contribution in [1.29, 1.82) is 0 Å². The van der Waals surface area contributed by atoms with E-state index in [9.17, 15) is 0 Å². The number of benzene rings is 4. The standard InChI is InChI=1S/C29H28O4/c1-21-9-14-25(15-10-21)32-29(33-26-16-11-22(2)12-17-26)24-13-18-27(30-3)28(19-24)31-20-23-7-5-4-6-8-23/h4-19,29H,20H2,1-3H3. The van der Waals surface area contributed by atoms with Gasteiger partial charge in [-0.2, -0.15) is 0 Å². The smallest absolute Gasteiger partial charge is 0.267 e. The first-order valence-electron chi connectivity index (χ1n) is 10.9. The van der Waals surface area contributed by atoms with E-state index in [4.69, 9.17) is 18.9 Å². The normalized spacial score (nSPS) is 10.7. The zero-order valence-corrected chi connectivity index (χ0v) is 19.2. The van der Waals surface area contributed by atoms with Gasteiger partial charge in [0, 0.05) is 5.56 Å². The second-order valence-corrected chi connectivity index (χ2v) is 7.88. The fourth-order valence-electron chi connectivity index (χ4n) is 3.33. The van der Waals surface area contributed by atoms with Crippen LogP contribution in [0.3, 0.4) is 0 Å². The van der Waals surface area contributed by atoms with Gasteiger partial charge in [0.05, 0.1) is 7.11 Å². The van der Waals surface area contributed by atoms with Gasteiger partial charge in [0.2, 0.25) is 0 Å². The molecule has 0 saturated heterocycles. The zero-order chi connectivity index (χ0) is 23.0. The molecular weight excluding hydrogens is 412 g/mol. The molecule has 0 atom stereocenters. The Morgan fingerprint density at radius 3 is 1.76 bits per heavy atom. The van der Waals surface area contributed by atoms with Gasteiger partial charge in [-0.25, -0.2) is 0 Å². The van der Waals surface area contributed by atoms with Crippen LogP contribution in [-0.2, 0) is 6.61 Å². The molecule has 0 fully saturated rings. The third-order valence-electron chi connectivity index (χ3n) is 5.23. The average Bonchev–Trinajstić information content (AvgIpc) is 2.85. The summed E-state index contributed by atoms with van der Waals surface area (Å²) in [5.41, 5.74) is 4.23. The molecular formula is C29H28O4. The topological polar surface area (TPSA) is 36.9 Å². The molecule has 0 aliphatic heterocycles. The number of aryl methyl sites for hydroxylation is 2. The summed E-state index contributed by atoms with van der Waals surface area (Å²) in [4.78, 5) is 0. The van der Waals surface area contributed by atoms with Gasteiger partial charge in [-0.1, -0.05) is 65.7 Å². The second kappa shape index (κ2) is 10.6. The lowest BCUT2D eigenvalue weighted by Crippen LogP contribution is -2.15. The van der Waals surface area contributed by atoms with Crippen molar-refractivity contribution in [1.82, 2.24) is 0 Å². The summed E-state index contributed by atoms with van der Waals surface area (Å²) < 4.78 is 24.2. The van der Waals surface area contributed by atoms with Crippen molar-refractivity contribution in [3.05, 3.63) is 119 Å². The van der Waals surface area contributed by atoms with Gasteiger partial charge in [-0.3, -0.25) is 0 Å². The van der Waals surface area contributed by atoms with Crippen LogP contribution in [0.5, 0.6) is 23.0 Å². The summed E-state index contributed by atoms with van der Waals surface area (Å²) in [6.07, 6.45) is -0.666. The molecule has 0 aromatic heterocycles. The maximum atomic E-state index is 6.26. The fourth-order valence-corrected chi connectivity index (χ4v) is 3.33. The van der Waals surface area contributed by atoms with Crippen molar-refractivity contribution in [3.8, 4) is 23.0 Å². The Kier molecular flexibility index (Phi) is 7.16. The summed E-state index contributed by atoms with van der Waals surface area (Å²) in [6, 6.07) is 31.6. The number of rotatable bonds is 9. The molecule has 0 aliphatic rings. The molecule has 168 valence electrons. The Bertz CT molecular complexity index is 1110. The van der Waals surface area contributed by atoms with Gasteiger partial charge in [-0.15, -0.1) is 0 Å². The van der Waals surface area contributed by atoms with E-state index in [-0.39, 0.29) is 0 Å². The molecule has 4 aromatic rings. The summed E-state index contributed by atoms with van der Waals surface area (Å²) in [5, 5.41) is 0. The lowest BCUT2D eigenvalue weighted by atomic mass is 10.1.